The van der Waals surface area contributed by atoms with Crippen LogP contribution in [-0.2, 0) is 0 Å². The molecule has 0 aliphatic carbocycles. The third-order valence-corrected chi connectivity index (χ3v) is 12.5. The molecule has 382 valence electrons. The van der Waals surface area contributed by atoms with E-state index in [0.717, 1.165) is 77.7 Å². The van der Waals surface area contributed by atoms with E-state index < -0.39 is 0 Å². The van der Waals surface area contributed by atoms with E-state index in [9.17, 15) is 0 Å². The topological polar surface area (TPSA) is 317 Å². The fraction of sp³-hybridized carbons (Fsp3) is 0. The van der Waals surface area contributed by atoms with Crippen LogP contribution in [0, 0.1) is 0 Å². The highest BCUT2D eigenvalue weighted by Gasteiger charge is 2.22. The molecule has 0 unspecified atom stereocenters. The second-order valence-electron chi connectivity index (χ2n) is 18.0. The van der Waals surface area contributed by atoms with Crippen LogP contribution in [0.3, 0.4) is 0 Å². The molecule has 12 aromatic rings. The molecule has 9 aromatic carbocycles. The average Bonchev–Trinajstić information content (AvgIpc) is 4.21. The van der Waals surface area contributed by atoms with Gasteiger partial charge in [-0.3, -0.25) is 0 Å². The van der Waals surface area contributed by atoms with Crippen molar-refractivity contribution < 1.29 is 0 Å². The van der Waals surface area contributed by atoms with E-state index in [1.807, 2.05) is 164 Å². The molecule has 18 N–H and O–H groups in total. The summed E-state index contributed by atoms with van der Waals surface area (Å²) in [6.45, 7) is 0. The van der Waals surface area contributed by atoms with E-state index in [-0.39, 0.29) is 0 Å². The molecule has 0 amide bonds. The fourth-order valence-electron chi connectivity index (χ4n) is 8.51. The van der Waals surface area contributed by atoms with Crippen LogP contribution < -0.4 is 45.9 Å². The molecule has 3 aromatic heterocycles. The number of H-pyrrole nitrogens is 2. The molecule has 5 heterocycles. The quantitative estimate of drug-likeness (QED) is 0.0684. The van der Waals surface area contributed by atoms with E-state index in [1.165, 1.54) is 0 Å². The Morgan fingerprint density at radius 3 is 0.744 bits per heavy atom. The molecule has 16 heteroatoms. The number of aromatic amines is 2. The van der Waals surface area contributed by atoms with Crippen LogP contribution in [-0.4, -0.2) is 39.9 Å². The Bertz CT molecular complexity index is 3820. The number of anilines is 8. The molecule has 0 saturated carbocycles. The van der Waals surface area contributed by atoms with Crippen molar-refractivity contribution in [2.45, 2.75) is 0 Å². The van der Waals surface area contributed by atoms with Crippen molar-refractivity contribution in [1.82, 2.24) is 39.9 Å². The zero-order valence-electron chi connectivity index (χ0n) is 42.1. The lowest BCUT2D eigenvalue weighted by molar-refractivity contribution is 1.19. The molecular weight excluding hydrogens is 969 g/mol. The number of hydrogen-bond donors (Lipinski definition) is 10. The number of nitrogens with two attached hydrogens (primary N) is 8. The Hall–Kier alpha value is -11.3. The van der Waals surface area contributed by atoms with E-state index in [2.05, 4.69) is 9.97 Å². The van der Waals surface area contributed by atoms with Crippen LogP contribution in [0.5, 0.6) is 0 Å². The number of nitrogen functional groups attached to an aromatic ring is 8. The van der Waals surface area contributed by atoms with Gasteiger partial charge in [-0.1, -0.05) is 140 Å². The summed E-state index contributed by atoms with van der Waals surface area (Å²) in [5.74, 6) is 2.39. The van der Waals surface area contributed by atoms with E-state index in [0.29, 0.717) is 68.6 Å². The Kier molecular flexibility index (Phi) is 14.5. The minimum absolute atomic E-state index is 0.597. The molecule has 14 rings (SSSR count). The SMILES string of the molecule is Nc1ccc(-c2ccc(N)cc2)cc1.Nc1ccc(N)cc1.Nc1cccc(N)c1.Nc1ccccc1N.c1ccc2c(c1)-c1nc-2nc2[nH]c(nc3nc(nc4[nH]c(n1)c1ccccc41)-c1ccccc1-3)c1ccccc21. The normalized spacial score (nSPS) is 10.7. The van der Waals surface area contributed by atoms with Crippen molar-refractivity contribution in [1.29, 1.82) is 0 Å². The number of benzene rings is 9. The van der Waals surface area contributed by atoms with E-state index in [4.69, 9.17) is 75.8 Å². The van der Waals surface area contributed by atoms with Crippen LogP contribution in [0.2, 0.25) is 0 Å². The smallest absolute Gasteiger partial charge is 0.164 e. The number of hydrogen-bond acceptors (Lipinski definition) is 14. The Morgan fingerprint density at radius 1 is 0.231 bits per heavy atom. The van der Waals surface area contributed by atoms with Gasteiger partial charge in [-0.2, -0.15) is 0 Å². The van der Waals surface area contributed by atoms with Gasteiger partial charge in [-0.15, -0.1) is 0 Å². The van der Waals surface area contributed by atoms with Crippen molar-refractivity contribution in [3.63, 3.8) is 0 Å². The largest absolute Gasteiger partial charge is 0.399 e. The van der Waals surface area contributed by atoms with Crippen LogP contribution in [0.4, 0.5) is 45.5 Å². The molecule has 0 atom stereocenters. The minimum atomic E-state index is 0.597. The number of rotatable bonds is 1. The van der Waals surface area contributed by atoms with Crippen molar-refractivity contribution in [2.24, 2.45) is 0 Å². The third-order valence-electron chi connectivity index (χ3n) is 12.5. The fourth-order valence-corrected chi connectivity index (χ4v) is 8.51. The second kappa shape index (κ2) is 22.5. The summed E-state index contributed by atoms with van der Waals surface area (Å²) in [6.07, 6.45) is 0. The monoisotopic (exact) mass is 1020 g/mol. The minimum Gasteiger partial charge on any atom is -0.399 e. The summed E-state index contributed by atoms with van der Waals surface area (Å²) in [5.41, 5.74) is 58.0. The lowest BCUT2D eigenvalue weighted by Crippen LogP contribution is -1.91. The highest BCUT2D eigenvalue weighted by atomic mass is 15.1. The molecule has 16 nitrogen and oxygen atoms in total. The number of nitrogens with one attached hydrogen (secondary N) is 2. The summed E-state index contributed by atoms with van der Waals surface area (Å²) in [4.78, 5) is 36.8. The van der Waals surface area contributed by atoms with Crippen molar-refractivity contribution in [3.05, 3.63) is 218 Å². The van der Waals surface area contributed by atoms with Crippen LogP contribution in [0.25, 0.3) is 101 Å². The van der Waals surface area contributed by atoms with Gasteiger partial charge in [0.05, 0.1) is 11.4 Å². The maximum atomic E-state index is 5.61. The zero-order chi connectivity index (χ0) is 54.1. The maximum Gasteiger partial charge on any atom is 0.164 e. The standard InChI is InChI=1S/C32H18N8.C12H12N2.3C6H8N2/c1-2-10-18-17(9-1)25-33-26(18)38-28-21-13-5-6-14-22(21)30(35-28)40-32-24-16-8-7-15-23(24)31(36-32)39-29-20-12-4-3-11-19(20)27(34-29)37-25;13-11-5-1-9(2-6-11)10-3-7-12(14)8-4-10;7-5-1-2-6(8)4-3-5;7-5-2-1-3-6(8)4-5;7-5-3-1-2-4-6(5)8/h1-16H,(H2,33,34,35,36,37,38,39,40);1-8H,13-14H2;3*1-4H,7-8H2. The first kappa shape index (κ1) is 50.3. The Balaban J connectivity index is 0.000000146. The van der Waals surface area contributed by atoms with E-state index >= 15 is 0 Å². The van der Waals surface area contributed by atoms with Gasteiger partial charge < -0.3 is 55.8 Å². The second-order valence-corrected chi connectivity index (χ2v) is 18.0. The Labute approximate surface area is 448 Å². The first-order chi connectivity index (χ1) is 37.9. The lowest BCUT2D eigenvalue weighted by atomic mass is 10.1. The number of nitrogens with zero attached hydrogens (tertiary/aromatic N) is 6. The van der Waals surface area contributed by atoms with Gasteiger partial charge in [0.15, 0.2) is 23.3 Å². The maximum absolute atomic E-state index is 5.61. The van der Waals surface area contributed by atoms with Gasteiger partial charge in [0.1, 0.15) is 22.6 Å². The summed E-state index contributed by atoms with van der Waals surface area (Å²) >= 11 is 0. The van der Waals surface area contributed by atoms with Crippen molar-refractivity contribution in [3.8, 4) is 56.7 Å². The third kappa shape index (κ3) is 11.4. The van der Waals surface area contributed by atoms with Crippen LogP contribution in [0.1, 0.15) is 0 Å². The molecular formula is C62H54N16. The highest BCUT2D eigenvalue weighted by molar-refractivity contribution is 6.06. The molecule has 0 fully saturated rings. The predicted octanol–water partition coefficient (Wildman–Crippen LogP) is 11.9. The summed E-state index contributed by atoms with van der Waals surface area (Å²) in [5, 5.41) is 3.82. The van der Waals surface area contributed by atoms with Crippen LogP contribution >= 0.6 is 0 Å². The van der Waals surface area contributed by atoms with Gasteiger partial charge in [0.25, 0.3) is 0 Å². The zero-order valence-corrected chi connectivity index (χ0v) is 42.1. The van der Waals surface area contributed by atoms with E-state index in [1.54, 1.807) is 54.6 Å². The van der Waals surface area contributed by atoms with Crippen molar-refractivity contribution >= 4 is 89.6 Å². The van der Waals surface area contributed by atoms with Gasteiger partial charge in [0.2, 0.25) is 0 Å². The molecule has 2 aliphatic rings. The average molecular weight is 1020 g/mol. The summed E-state index contributed by atoms with van der Waals surface area (Å²) in [6, 6.07) is 69.3. The first-order valence-corrected chi connectivity index (χ1v) is 24.7. The molecule has 0 radical (unpaired) electrons. The number of aromatic nitrogens is 8. The van der Waals surface area contributed by atoms with Crippen LogP contribution in [0.15, 0.2) is 218 Å². The van der Waals surface area contributed by atoms with Gasteiger partial charge in [-0.05, 0) is 90.0 Å². The predicted molar refractivity (Wildman–Crippen MR) is 323 cm³/mol. The summed E-state index contributed by atoms with van der Waals surface area (Å²) in [7, 11) is 0. The molecule has 78 heavy (non-hydrogen) atoms. The van der Waals surface area contributed by atoms with Gasteiger partial charge in [0, 0.05) is 77.9 Å². The Morgan fingerprint density at radius 2 is 0.487 bits per heavy atom. The molecule has 0 spiro atoms. The van der Waals surface area contributed by atoms with Gasteiger partial charge >= 0.3 is 0 Å². The molecule has 8 bridgehead atoms. The number of fused-ring (bicyclic) bond motifs is 20. The molecule has 0 saturated heterocycles. The van der Waals surface area contributed by atoms with Crippen molar-refractivity contribution in [2.75, 3.05) is 45.9 Å². The summed E-state index contributed by atoms with van der Waals surface area (Å²) < 4.78 is 0. The molecule has 2 aliphatic heterocycles. The lowest BCUT2D eigenvalue weighted by Gasteiger charge is -2.02. The number of para-hydroxylation sites is 2. The van der Waals surface area contributed by atoms with Gasteiger partial charge in [-0.25, -0.2) is 29.9 Å². The highest BCUT2D eigenvalue weighted by Crippen LogP contribution is 2.37. The first-order valence-electron chi connectivity index (χ1n) is 24.7.